The average Bonchev–Trinajstić information content (AvgIpc) is 2.83. The van der Waals surface area contributed by atoms with Crippen LogP contribution >= 0.6 is 0 Å². The van der Waals surface area contributed by atoms with Gasteiger partial charge >= 0.3 is 0 Å². The van der Waals surface area contributed by atoms with E-state index >= 15 is 0 Å². The maximum atomic E-state index is 13.7. The van der Waals surface area contributed by atoms with Crippen LogP contribution in [0.1, 0.15) is 18.1 Å². The van der Waals surface area contributed by atoms with E-state index in [2.05, 4.69) is 0 Å². The zero-order valence-electron chi connectivity index (χ0n) is 19.5. The van der Waals surface area contributed by atoms with E-state index in [9.17, 15) is 18.4 Å². The number of amides is 1. The number of pyridine rings is 1. The average molecular weight is 482 g/mol. The molecule has 34 heavy (non-hydrogen) atoms. The summed E-state index contributed by atoms with van der Waals surface area (Å²) in [5.41, 5.74) is 1.50. The predicted molar refractivity (Wildman–Crippen MR) is 132 cm³/mol. The van der Waals surface area contributed by atoms with Crippen LogP contribution in [0.5, 0.6) is 5.75 Å². The van der Waals surface area contributed by atoms with Gasteiger partial charge in [0, 0.05) is 12.1 Å². The summed E-state index contributed by atoms with van der Waals surface area (Å²) in [5.74, 6) is -0.0853. The molecule has 0 N–H and O–H groups in total. The van der Waals surface area contributed by atoms with Crippen LogP contribution in [-0.4, -0.2) is 46.5 Å². The van der Waals surface area contributed by atoms with Gasteiger partial charge in [-0.1, -0.05) is 30.4 Å². The Morgan fingerprint density at radius 2 is 1.62 bits per heavy atom. The largest absolute Gasteiger partial charge is 0.619 e. The zero-order valence-corrected chi connectivity index (χ0v) is 20.3. The van der Waals surface area contributed by atoms with Crippen molar-refractivity contribution in [1.82, 2.24) is 4.90 Å². The maximum Gasteiger partial charge on any atom is 0.270 e. The third-order valence-corrected chi connectivity index (χ3v) is 7.09. The highest BCUT2D eigenvalue weighted by atomic mass is 32.2. The Kier molecular flexibility index (Phi) is 7.70. The van der Waals surface area contributed by atoms with Gasteiger partial charge in [-0.15, -0.1) is 0 Å². The Morgan fingerprint density at radius 1 is 1.00 bits per heavy atom. The highest BCUT2D eigenvalue weighted by Crippen LogP contribution is 2.30. The number of hydrogen-bond acceptors (Lipinski definition) is 6. The molecule has 178 valence electrons. The minimum absolute atomic E-state index is 0.0329. The van der Waals surface area contributed by atoms with Crippen LogP contribution in [0, 0.1) is 5.21 Å². The number of rotatable bonds is 8. The molecule has 0 aliphatic rings. The molecule has 1 heterocycles. The van der Waals surface area contributed by atoms with Gasteiger partial charge in [0.1, 0.15) is 5.75 Å². The number of aromatic nitrogens is 1. The number of sulfonamides is 1. The summed E-state index contributed by atoms with van der Waals surface area (Å²) in [4.78, 5) is 15.1. The van der Waals surface area contributed by atoms with E-state index in [0.29, 0.717) is 16.0 Å². The van der Waals surface area contributed by atoms with E-state index in [1.165, 1.54) is 43.8 Å². The van der Waals surface area contributed by atoms with Crippen molar-refractivity contribution < 1.29 is 22.7 Å². The summed E-state index contributed by atoms with van der Waals surface area (Å²) in [5, 5.41) is 11.3. The number of methoxy groups -OCH3 is 1. The maximum absolute atomic E-state index is 13.7. The number of likely N-dealkylation sites (N-methyl/N-ethyl adjacent to an activating group) is 1. The van der Waals surface area contributed by atoms with Crippen molar-refractivity contribution in [3.63, 3.8) is 0 Å². The van der Waals surface area contributed by atoms with Gasteiger partial charge in [0.25, 0.3) is 15.9 Å². The molecule has 8 nitrogen and oxygen atoms in total. The topological polar surface area (TPSA) is 93.9 Å². The molecule has 0 spiro atoms. The molecular weight excluding hydrogens is 454 g/mol. The minimum Gasteiger partial charge on any atom is -0.619 e. The monoisotopic (exact) mass is 481 g/mol. The van der Waals surface area contributed by atoms with Crippen molar-refractivity contribution in [1.29, 1.82) is 0 Å². The van der Waals surface area contributed by atoms with Gasteiger partial charge in [-0.2, -0.15) is 4.73 Å². The second-order valence-electron chi connectivity index (χ2n) is 7.81. The summed E-state index contributed by atoms with van der Waals surface area (Å²) in [6.45, 7) is 1.65. The second-order valence-corrected chi connectivity index (χ2v) is 9.59. The van der Waals surface area contributed by atoms with Crippen molar-refractivity contribution in [2.45, 2.75) is 17.9 Å². The summed E-state index contributed by atoms with van der Waals surface area (Å²) in [6.07, 6.45) is 6.20. The molecule has 0 saturated carbocycles. The molecule has 0 bridgehead atoms. The molecule has 1 atom stereocenters. The number of ether oxygens (including phenoxy) is 1. The normalized spacial score (nSPS) is 12.6. The number of benzene rings is 2. The van der Waals surface area contributed by atoms with Gasteiger partial charge < -0.3 is 9.94 Å². The van der Waals surface area contributed by atoms with Crippen LogP contribution < -0.4 is 13.8 Å². The lowest BCUT2D eigenvalue weighted by molar-refractivity contribution is -0.605. The molecule has 0 saturated heterocycles. The van der Waals surface area contributed by atoms with Crippen LogP contribution in [-0.2, 0) is 14.8 Å². The Balaban J connectivity index is 2.13. The number of carbonyl (C=O) groups is 1. The molecule has 0 fully saturated rings. The third kappa shape index (κ3) is 5.44. The fourth-order valence-corrected chi connectivity index (χ4v) is 4.65. The number of anilines is 1. The highest BCUT2D eigenvalue weighted by Gasteiger charge is 2.35. The lowest BCUT2D eigenvalue weighted by Crippen LogP contribution is -2.47. The molecule has 2 aromatic carbocycles. The van der Waals surface area contributed by atoms with Gasteiger partial charge in [-0.05, 0) is 62.5 Å². The van der Waals surface area contributed by atoms with Gasteiger partial charge in [-0.25, -0.2) is 12.7 Å². The molecule has 0 aliphatic heterocycles. The summed E-state index contributed by atoms with van der Waals surface area (Å²) >= 11 is 0. The molecule has 3 rings (SSSR count). The molecule has 0 aliphatic carbocycles. The van der Waals surface area contributed by atoms with Crippen LogP contribution in [0.2, 0.25) is 0 Å². The van der Waals surface area contributed by atoms with Crippen LogP contribution in [0.3, 0.4) is 0 Å². The van der Waals surface area contributed by atoms with Crippen molar-refractivity contribution in [3.05, 3.63) is 89.4 Å². The van der Waals surface area contributed by atoms with E-state index < -0.39 is 22.0 Å². The molecule has 1 unspecified atom stereocenters. The Bertz CT molecular complexity index is 1270. The number of hydrogen-bond donors (Lipinski definition) is 0. The summed E-state index contributed by atoms with van der Waals surface area (Å²) < 4.78 is 34.2. The van der Waals surface area contributed by atoms with E-state index in [0.717, 1.165) is 9.87 Å². The number of para-hydroxylation sites is 1. The van der Waals surface area contributed by atoms with Gasteiger partial charge in [0.2, 0.25) is 0 Å². The van der Waals surface area contributed by atoms with Gasteiger partial charge in [0.15, 0.2) is 12.4 Å². The second kappa shape index (κ2) is 10.5. The first-order valence-corrected chi connectivity index (χ1v) is 11.9. The van der Waals surface area contributed by atoms with Crippen molar-refractivity contribution in [2.24, 2.45) is 0 Å². The SMILES string of the molecule is COc1ccc(S(=O)(=O)N(C(=O)C(C)N(C)C)c2ccccc2/C=C/c2cc[n+]([O-])cc2)cc1. The fourth-order valence-electron chi connectivity index (χ4n) is 3.15. The number of carbonyl (C=O) groups excluding carboxylic acids is 1. The summed E-state index contributed by atoms with van der Waals surface area (Å²) in [7, 11) is 0.670. The molecule has 9 heteroatoms. The van der Waals surface area contributed by atoms with E-state index in [-0.39, 0.29) is 10.6 Å². The Hall–Kier alpha value is -3.69. The van der Waals surface area contributed by atoms with E-state index in [4.69, 9.17) is 4.74 Å². The number of nitrogens with zero attached hydrogens (tertiary/aromatic N) is 3. The first-order valence-electron chi connectivity index (χ1n) is 10.5. The van der Waals surface area contributed by atoms with E-state index in [1.54, 1.807) is 74.5 Å². The lowest BCUT2D eigenvalue weighted by atomic mass is 10.1. The molecular formula is C25H27N3O5S. The standard InChI is InChI=1S/C25H27N3O5S/c1-19(26(2)3)25(29)28(34(31,32)23-13-11-22(33-4)12-14-23)24-8-6-5-7-21(24)10-9-20-15-17-27(30)18-16-20/h5-19H,1-4H3/b10-9+. The first-order chi connectivity index (χ1) is 16.1. The Morgan fingerprint density at radius 3 is 2.21 bits per heavy atom. The van der Waals surface area contributed by atoms with Crippen LogP contribution in [0.4, 0.5) is 5.69 Å². The molecule has 0 radical (unpaired) electrons. The predicted octanol–water partition coefficient (Wildman–Crippen LogP) is 3.17. The first kappa shape index (κ1) is 24.9. The minimum atomic E-state index is -4.24. The zero-order chi connectivity index (χ0) is 24.9. The van der Waals surface area contributed by atoms with Gasteiger partial charge in [-0.3, -0.25) is 9.69 Å². The molecule has 3 aromatic rings. The fraction of sp³-hybridized carbons (Fsp3) is 0.200. The summed E-state index contributed by atoms with van der Waals surface area (Å²) in [6, 6.07) is 15.2. The quantitative estimate of drug-likeness (QED) is 0.362. The smallest absolute Gasteiger partial charge is 0.270 e. The third-order valence-electron chi connectivity index (χ3n) is 5.37. The van der Waals surface area contributed by atoms with Gasteiger partial charge in [0.05, 0.1) is 23.7 Å². The van der Waals surface area contributed by atoms with Crippen LogP contribution in [0.15, 0.2) is 78.0 Å². The van der Waals surface area contributed by atoms with E-state index in [1.807, 2.05) is 0 Å². The van der Waals surface area contributed by atoms with Crippen molar-refractivity contribution >= 4 is 33.8 Å². The molecule has 1 amide bonds. The highest BCUT2D eigenvalue weighted by molar-refractivity contribution is 7.93. The Labute approximate surface area is 200 Å². The van der Waals surface area contributed by atoms with Crippen molar-refractivity contribution in [2.75, 3.05) is 25.5 Å². The molecule has 1 aromatic heterocycles. The lowest BCUT2D eigenvalue weighted by Gasteiger charge is -2.29. The van der Waals surface area contributed by atoms with Crippen molar-refractivity contribution in [3.8, 4) is 5.75 Å². The van der Waals surface area contributed by atoms with Crippen LogP contribution in [0.25, 0.3) is 12.2 Å².